The second kappa shape index (κ2) is 6.86. The van der Waals surface area contributed by atoms with Crippen LogP contribution in [0.2, 0.25) is 5.02 Å². The molecule has 0 fully saturated rings. The number of hydrogen-bond donors (Lipinski definition) is 3. The summed E-state index contributed by atoms with van der Waals surface area (Å²) in [5, 5.41) is 14.6. The summed E-state index contributed by atoms with van der Waals surface area (Å²) >= 11 is 5.81. The van der Waals surface area contributed by atoms with Crippen LogP contribution in [0.25, 0.3) is 10.9 Å². The maximum atomic E-state index is 12.0. The number of aliphatic hydroxyl groups is 1. The van der Waals surface area contributed by atoms with Crippen LogP contribution < -0.4 is 5.32 Å². The molecule has 0 aliphatic heterocycles. The van der Waals surface area contributed by atoms with Gasteiger partial charge in [0.2, 0.25) is 5.91 Å². The molecular weight excluding hydrogens is 312 g/mol. The van der Waals surface area contributed by atoms with Gasteiger partial charge in [0.15, 0.2) is 0 Å². The molecule has 5 heteroatoms. The Bertz CT molecular complexity index is 778. The minimum atomic E-state index is -0.838. The monoisotopic (exact) mass is 328 g/mol. The first-order valence-corrected chi connectivity index (χ1v) is 7.76. The predicted molar refractivity (Wildman–Crippen MR) is 91.2 cm³/mol. The van der Waals surface area contributed by atoms with Crippen LogP contribution in [0.15, 0.2) is 54.6 Å². The van der Waals surface area contributed by atoms with Crippen molar-refractivity contribution in [2.24, 2.45) is 0 Å². The van der Waals surface area contributed by atoms with E-state index < -0.39 is 6.10 Å². The van der Waals surface area contributed by atoms with Crippen molar-refractivity contribution in [3.8, 4) is 0 Å². The molecule has 1 aromatic heterocycles. The molecule has 1 heterocycles. The highest BCUT2D eigenvalue weighted by atomic mass is 35.5. The molecule has 0 saturated carbocycles. The number of benzene rings is 2. The second-order valence-electron chi connectivity index (χ2n) is 5.43. The summed E-state index contributed by atoms with van der Waals surface area (Å²) in [5.41, 5.74) is 2.65. The van der Waals surface area contributed by atoms with Gasteiger partial charge in [-0.15, -0.1) is 0 Å². The van der Waals surface area contributed by atoms with E-state index in [2.05, 4.69) is 10.3 Å². The Morgan fingerprint density at radius 2 is 1.91 bits per heavy atom. The zero-order valence-electron chi connectivity index (χ0n) is 12.4. The fourth-order valence-electron chi connectivity index (χ4n) is 2.47. The Balaban J connectivity index is 1.55. The van der Waals surface area contributed by atoms with Crippen LogP contribution in [0.4, 0.5) is 0 Å². The third-order valence-electron chi connectivity index (χ3n) is 3.70. The van der Waals surface area contributed by atoms with Crippen molar-refractivity contribution in [1.29, 1.82) is 0 Å². The van der Waals surface area contributed by atoms with Gasteiger partial charge < -0.3 is 15.4 Å². The molecule has 2 aromatic carbocycles. The molecule has 1 atom stereocenters. The van der Waals surface area contributed by atoms with Crippen molar-refractivity contribution in [2.75, 3.05) is 0 Å². The molecule has 3 N–H and O–H groups in total. The maximum Gasteiger partial charge on any atom is 0.223 e. The number of rotatable bonds is 5. The van der Waals surface area contributed by atoms with Crippen molar-refractivity contribution in [2.45, 2.75) is 19.1 Å². The van der Waals surface area contributed by atoms with Crippen molar-refractivity contribution >= 4 is 28.4 Å². The summed E-state index contributed by atoms with van der Waals surface area (Å²) in [6, 6.07) is 16.8. The average molecular weight is 329 g/mol. The van der Waals surface area contributed by atoms with Crippen LogP contribution in [0.3, 0.4) is 0 Å². The molecule has 1 amide bonds. The van der Waals surface area contributed by atoms with Gasteiger partial charge in [0.1, 0.15) is 0 Å². The van der Waals surface area contributed by atoms with Gasteiger partial charge in [-0.2, -0.15) is 0 Å². The number of hydrogen-bond acceptors (Lipinski definition) is 2. The lowest BCUT2D eigenvalue weighted by Gasteiger charge is -2.11. The number of aliphatic hydroxyl groups excluding tert-OH is 1. The number of carbonyl (C=O) groups excluding carboxylic acids is 1. The molecule has 0 radical (unpaired) electrons. The lowest BCUT2D eigenvalue weighted by atomic mass is 10.1. The third-order valence-corrected chi connectivity index (χ3v) is 3.95. The van der Waals surface area contributed by atoms with Crippen LogP contribution >= 0.6 is 11.6 Å². The van der Waals surface area contributed by atoms with E-state index in [0.717, 1.165) is 16.6 Å². The minimum Gasteiger partial charge on any atom is -0.388 e. The van der Waals surface area contributed by atoms with Gasteiger partial charge in [-0.05, 0) is 35.2 Å². The average Bonchev–Trinajstić information content (AvgIpc) is 2.96. The highest BCUT2D eigenvalue weighted by molar-refractivity contribution is 6.30. The fourth-order valence-corrected chi connectivity index (χ4v) is 2.60. The Labute approximate surface area is 139 Å². The normalized spacial score (nSPS) is 12.3. The molecule has 118 valence electrons. The van der Waals surface area contributed by atoms with Crippen LogP contribution in [0.5, 0.6) is 0 Å². The Morgan fingerprint density at radius 1 is 1.17 bits per heavy atom. The van der Waals surface area contributed by atoms with Crippen LogP contribution in [-0.2, 0) is 11.3 Å². The Kier molecular flexibility index (Phi) is 4.65. The zero-order chi connectivity index (χ0) is 16.2. The van der Waals surface area contributed by atoms with Crippen molar-refractivity contribution in [3.05, 3.63) is 70.9 Å². The van der Waals surface area contributed by atoms with E-state index in [4.69, 9.17) is 11.6 Å². The smallest absolute Gasteiger partial charge is 0.223 e. The number of aromatic amines is 1. The summed E-state index contributed by atoms with van der Waals surface area (Å²) in [6.45, 7) is 0.404. The summed E-state index contributed by atoms with van der Waals surface area (Å²) < 4.78 is 0. The van der Waals surface area contributed by atoms with Gasteiger partial charge in [-0.3, -0.25) is 4.79 Å². The van der Waals surface area contributed by atoms with E-state index in [1.54, 1.807) is 24.3 Å². The van der Waals surface area contributed by atoms with Gasteiger partial charge >= 0.3 is 0 Å². The van der Waals surface area contributed by atoms with E-state index in [1.165, 1.54) is 0 Å². The molecule has 0 saturated heterocycles. The highest BCUT2D eigenvalue weighted by Crippen LogP contribution is 2.19. The molecular formula is C18H17ClN2O2. The predicted octanol–water partition coefficient (Wildman–Crippen LogP) is 3.56. The van der Waals surface area contributed by atoms with E-state index in [1.807, 2.05) is 30.3 Å². The molecule has 3 rings (SSSR count). The SMILES string of the molecule is O=C(CC(O)c1ccc(Cl)cc1)NCc1cc2ccccc2[nH]1. The van der Waals surface area contributed by atoms with Gasteiger partial charge in [-0.25, -0.2) is 0 Å². The summed E-state index contributed by atoms with van der Waals surface area (Å²) in [6.07, 6.45) is -0.822. The minimum absolute atomic E-state index is 0.0157. The van der Waals surface area contributed by atoms with Crippen LogP contribution in [0.1, 0.15) is 23.8 Å². The fraction of sp³-hybridized carbons (Fsp3) is 0.167. The van der Waals surface area contributed by atoms with Gasteiger partial charge in [-0.1, -0.05) is 41.9 Å². The third kappa shape index (κ3) is 3.92. The van der Waals surface area contributed by atoms with E-state index in [9.17, 15) is 9.90 Å². The first-order valence-electron chi connectivity index (χ1n) is 7.38. The molecule has 0 spiro atoms. The molecule has 1 unspecified atom stereocenters. The molecule has 3 aromatic rings. The van der Waals surface area contributed by atoms with Crippen molar-refractivity contribution in [1.82, 2.24) is 10.3 Å². The Hall–Kier alpha value is -2.30. The first kappa shape index (κ1) is 15.6. The Morgan fingerprint density at radius 3 is 2.65 bits per heavy atom. The number of aromatic nitrogens is 1. The molecule has 0 bridgehead atoms. The van der Waals surface area contributed by atoms with Crippen molar-refractivity contribution < 1.29 is 9.90 Å². The lowest BCUT2D eigenvalue weighted by Crippen LogP contribution is -2.24. The van der Waals surface area contributed by atoms with E-state index in [-0.39, 0.29) is 12.3 Å². The van der Waals surface area contributed by atoms with Crippen LogP contribution in [0, 0.1) is 0 Å². The zero-order valence-corrected chi connectivity index (χ0v) is 13.2. The molecule has 23 heavy (non-hydrogen) atoms. The standard InChI is InChI=1S/C18H17ClN2O2/c19-14-7-5-12(6-8-14)17(22)10-18(23)20-11-15-9-13-3-1-2-4-16(13)21-15/h1-9,17,21-22H,10-11H2,(H,20,23). The largest absolute Gasteiger partial charge is 0.388 e. The van der Waals surface area contributed by atoms with Crippen molar-refractivity contribution in [3.63, 3.8) is 0 Å². The number of fused-ring (bicyclic) bond motifs is 1. The number of nitrogens with one attached hydrogen (secondary N) is 2. The van der Waals surface area contributed by atoms with Gasteiger partial charge in [0.05, 0.1) is 19.1 Å². The first-order chi connectivity index (χ1) is 11.1. The molecule has 4 nitrogen and oxygen atoms in total. The number of H-pyrrole nitrogens is 1. The second-order valence-corrected chi connectivity index (χ2v) is 5.87. The molecule has 0 aliphatic rings. The van der Waals surface area contributed by atoms with Gasteiger partial charge in [0.25, 0.3) is 0 Å². The number of amides is 1. The summed E-state index contributed by atoms with van der Waals surface area (Å²) in [5.74, 6) is -0.203. The lowest BCUT2D eigenvalue weighted by molar-refractivity contribution is -0.123. The van der Waals surface area contributed by atoms with Gasteiger partial charge in [0, 0.05) is 16.2 Å². The number of halogens is 1. The maximum absolute atomic E-state index is 12.0. The van der Waals surface area contributed by atoms with Crippen LogP contribution in [-0.4, -0.2) is 16.0 Å². The van der Waals surface area contributed by atoms with E-state index in [0.29, 0.717) is 17.1 Å². The quantitative estimate of drug-likeness (QED) is 0.670. The molecule has 0 aliphatic carbocycles. The summed E-state index contributed by atoms with van der Waals surface area (Å²) in [4.78, 5) is 15.2. The van der Waals surface area contributed by atoms with E-state index >= 15 is 0 Å². The topological polar surface area (TPSA) is 65.1 Å². The number of para-hydroxylation sites is 1. The number of carbonyl (C=O) groups is 1. The highest BCUT2D eigenvalue weighted by Gasteiger charge is 2.13. The summed E-state index contributed by atoms with van der Waals surface area (Å²) in [7, 11) is 0.